The fourth-order valence-corrected chi connectivity index (χ4v) is 6.03. The van der Waals surface area contributed by atoms with Gasteiger partial charge in [0.2, 0.25) is 0 Å². The fraction of sp³-hybridized carbons (Fsp3) is 0.441. The summed E-state index contributed by atoms with van der Waals surface area (Å²) in [5, 5.41) is 1.07. The normalized spacial score (nSPS) is 15.6. The summed E-state index contributed by atoms with van der Waals surface area (Å²) < 4.78 is 13.4. The Morgan fingerprint density at radius 3 is 2.56 bits per heavy atom. The summed E-state index contributed by atoms with van der Waals surface area (Å²) in [5.41, 5.74) is 5.71. The van der Waals surface area contributed by atoms with Crippen LogP contribution in [-0.4, -0.2) is 51.4 Å². The molecule has 0 radical (unpaired) electrons. The first kappa shape index (κ1) is 28.5. The summed E-state index contributed by atoms with van der Waals surface area (Å²) in [6.07, 6.45) is 2.81. The third-order valence-electron chi connectivity index (χ3n) is 8.30. The molecular weight excluding hydrogens is 510 g/mol. The van der Waals surface area contributed by atoms with Crippen LogP contribution in [0.15, 0.2) is 36.4 Å². The highest BCUT2D eigenvalue weighted by Gasteiger charge is 2.28. The van der Waals surface area contributed by atoms with Crippen LogP contribution in [0.4, 0.5) is 11.6 Å². The molecular formula is C34H42N5O2+. The summed E-state index contributed by atoms with van der Waals surface area (Å²) in [6.45, 7) is 8.87. The maximum absolute atomic E-state index is 5.68. The van der Waals surface area contributed by atoms with Crippen LogP contribution in [0.3, 0.4) is 0 Å². The smallest absolute Gasteiger partial charge is 0.302 e. The van der Waals surface area contributed by atoms with E-state index < -0.39 is 0 Å². The van der Waals surface area contributed by atoms with E-state index in [0.29, 0.717) is 5.92 Å². The Hall–Kier alpha value is -4.05. The molecule has 2 aromatic carbocycles. The van der Waals surface area contributed by atoms with E-state index in [4.69, 9.17) is 19.4 Å². The molecule has 7 nitrogen and oxygen atoms in total. The molecule has 2 aromatic heterocycles. The Kier molecular flexibility index (Phi) is 8.21. The van der Waals surface area contributed by atoms with Crippen LogP contribution in [0, 0.1) is 18.1 Å². The second-order valence-electron chi connectivity index (χ2n) is 11.4. The van der Waals surface area contributed by atoms with Crippen molar-refractivity contribution >= 4 is 22.5 Å². The van der Waals surface area contributed by atoms with Crippen molar-refractivity contribution in [2.24, 2.45) is 13.0 Å². The van der Waals surface area contributed by atoms with Gasteiger partial charge >= 0.3 is 5.82 Å². The van der Waals surface area contributed by atoms with Crippen molar-refractivity contribution in [3.8, 4) is 22.6 Å². The van der Waals surface area contributed by atoms with Crippen LogP contribution in [-0.2, 0) is 19.9 Å². The lowest BCUT2D eigenvalue weighted by atomic mass is 9.90. The molecule has 1 aliphatic heterocycles. The zero-order chi connectivity index (χ0) is 29.3. The van der Waals surface area contributed by atoms with E-state index >= 15 is 0 Å². The molecule has 3 heterocycles. The van der Waals surface area contributed by atoms with Gasteiger partial charge in [-0.05, 0) is 76.8 Å². The lowest BCUT2D eigenvalue weighted by molar-refractivity contribution is -0.656. The number of aromatic nitrogens is 3. The van der Waals surface area contributed by atoms with Crippen LogP contribution < -0.4 is 23.8 Å². The number of anilines is 2. The van der Waals surface area contributed by atoms with Crippen LogP contribution in [0.1, 0.15) is 50.2 Å². The second kappa shape index (κ2) is 11.8. The minimum atomic E-state index is 0.141. The predicted octanol–water partition coefficient (Wildman–Crippen LogP) is 5.56. The van der Waals surface area contributed by atoms with E-state index in [1.54, 1.807) is 14.2 Å². The van der Waals surface area contributed by atoms with Gasteiger partial charge in [0, 0.05) is 33.1 Å². The Balaban J connectivity index is 1.64. The lowest BCUT2D eigenvalue weighted by Gasteiger charge is -2.24. The summed E-state index contributed by atoms with van der Waals surface area (Å²) in [5.74, 6) is 5.25. The van der Waals surface area contributed by atoms with Crippen molar-refractivity contribution < 1.29 is 14.0 Å². The van der Waals surface area contributed by atoms with E-state index in [0.717, 1.165) is 77.1 Å². The van der Waals surface area contributed by atoms with E-state index in [9.17, 15) is 0 Å². The number of hydrogen-bond acceptors (Lipinski definition) is 6. The van der Waals surface area contributed by atoms with Crippen molar-refractivity contribution in [1.29, 1.82) is 0 Å². The molecule has 0 N–H and O–H groups in total. The van der Waals surface area contributed by atoms with E-state index in [-0.39, 0.29) is 5.92 Å². The van der Waals surface area contributed by atoms with E-state index in [1.807, 2.05) is 26.2 Å². The number of hydrogen-bond donors (Lipinski definition) is 0. The van der Waals surface area contributed by atoms with Gasteiger partial charge in [-0.1, -0.05) is 32.9 Å². The van der Waals surface area contributed by atoms with Crippen molar-refractivity contribution in [1.82, 2.24) is 9.97 Å². The van der Waals surface area contributed by atoms with Gasteiger partial charge in [-0.25, -0.2) is 9.55 Å². The monoisotopic (exact) mass is 552 g/mol. The molecule has 2 unspecified atom stereocenters. The first-order chi connectivity index (χ1) is 19.7. The number of pyridine rings is 1. The van der Waals surface area contributed by atoms with Gasteiger partial charge in [0.25, 0.3) is 5.82 Å². The molecule has 4 aromatic rings. The molecule has 5 rings (SSSR count). The number of ether oxygens (including phenoxy) is 2. The van der Waals surface area contributed by atoms with Crippen LogP contribution in [0.2, 0.25) is 0 Å². The lowest BCUT2D eigenvalue weighted by Crippen LogP contribution is -2.37. The number of rotatable bonds is 9. The maximum Gasteiger partial charge on any atom is 0.302 e. The van der Waals surface area contributed by atoms with Gasteiger partial charge in [0.1, 0.15) is 11.2 Å². The molecule has 0 aliphatic carbocycles. The molecule has 0 saturated carbocycles. The van der Waals surface area contributed by atoms with Crippen molar-refractivity contribution in [3.05, 3.63) is 65.6 Å². The van der Waals surface area contributed by atoms with Crippen molar-refractivity contribution in [3.63, 3.8) is 0 Å². The number of nitrogens with zero attached hydrogens (tertiary/aromatic N) is 5. The molecule has 7 heteroatoms. The van der Waals surface area contributed by atoms with Crippen LogP contribution in [0.5, 0.6) is 11.5 Å². The van der Waals surface area contributed by atoms with Gasteiger partial charge in [-0.15, -0.1) is 0 Å². The van der Waals surface area contributed by atoms with Crippen molar-refractivity contribution in [2.45, 2.75) is 46.0 Å². The third-order valence-corrected chi connectivity index (χ3v) is 8.30. The minimum Gasteiger partial charge on any atom is -0.493 e. The van der Waals surface area contributed by atoms with E-state index in [1.165, 1.54) is 17.5 Å². The highest BCUT2D eigenvalue weighted by atomic mass is 16.5. The standard InChI is InChI=1S/C34H42N5O2/c1-9-25-27(24-14-15-29(40-7)30(19-24)41-8)20-32(39-17-16-22(2)21-39)35-33(25)23(3)18-31-36-34(37(4)5)26-12-10-11-13-28(26)38(31)6/h10,12,14-15,19-20,22-23H,9,16-18,21H2,1-8H3/q+1. The average molecular weight is 553 g/mol. The van der Waals surface area contributed by atoms with Gasteiger partial charge in [-0.3, -0.25) is 0 Å². The molecule has 41 heavy (non-hydrogen) atoms. The predicted molar refractivity (Wildman–Crippen MR) is 165 cm³/mol. The number of methoxy groups -OCH3 is 2. The summed E-state index contributed by atoms with van der Waals surface area (Å²) in [6, 6.07) is 18.9. The Bertz CT molecular complexity index is 1550. The van der Waals surface area contributed by atoms with Crippen molar-refractivity contribution in [2.75, 3.05) is 51.2 Å². The second-order valence-corrected chi connectivity index (χ2v) is 11.4. The van der Waals surface area contributed by atoms with Crippen LogP contribution >= 0.6 is 0 Å². The molecule has 0 amide bonds. The molecule has 214 valence electrons. The quantitative estimate of drug-likeness (QED) is 0.254. The van der Waals surface area contributed by atoms with Gasteiger partial charge < -0.3 is 19.3 Å². The van der Waals surface area contributed by atoms with Gasteiger partial charge in [-0.2, -0.15) is 0 Å². The fourth-order valence-electron chi connectivity index (χ4n) is 6.03. The maximum atomic E-state index is 5.68. The van der Waals surface area contributed by atoms with Gasteiger partial charge in [0.15, 0.2) is 17.0 Å². The topological polar surface area (TPSA) is 54.6 Å². The van der Waals surface area contributed by atoms with Crippen LogP contribution in [0.25, 0.3) is 22.0 Å². The minimum absolute atomic E-state index is 0.141. The number of fused-ring (bicyclic) bond motifs is 1. The molecule has 1 fully saturated rings. The molecule has 2 atom stereocenters. The highest BCUT2D eigenvalue weighted by Crippen LogP contribution is 2.39. The average Bonchev–Trinajstić information content (AvgIpc) is 3.43. The third kappa shape index (κ3) is 5.48. The molecule has 1 aliphatic rings. The first-order valence-corrected chi connectivity index (χ1v) is 14.5. The zero-order valence-corrected chi connectivity index (χ0v) is 25.7. The summed E-state index contributed by atoms with van der Waals surface area (Å²) in [4.78, 5) is 15.0. The SMILES string of the molecule is CCc1c(-c2ccc(OC)c(OC)c2)cc(N2CCC(C)C2)nc1C(C)Cc1nc(N(C)C)c2ccc#cc2[n+]1C. The molecule has 0 bridgehead atoms. The molecule has 0 spiro atoms. The Morgan fingerprint density at radius 2 is 1.90 bits per heavy atom. The highest BCUT2D eigenvalue weighted by molar-refractivity contribution is 5.86. The summed E-state index contributed by atoms with van der Waals surface area (Å²) >= 11 is 0. The first-order valence-electron chi connectivity index (χ1n) is 14.5. The van der Waals surface area contributed by atoms with Gasteiger partial charge in [0.05, 0.1) is 33.4 Å². The number of benzene rings is 1. The Labute approximate surface area is 244 Å². The largest absolute Gasteiger partial charge is 0.493 e. The Morgan fingerprint density at radius 1 is 1.12 bits per heavy atom. The van der Waals surface area contributed by atoms with E-state index in [2.05, 4.69) is 78.6 Å². The number of aryl methyl sites for hydroxylation is 1. The summed E-state index contributed by atoms with van der Waals surface area (Å²) in [7, 11) is 9.52. The zero-order valence-electron chi connectivity index (χ0n) is 25.7. The molecule has 1 saturated heterocycles.